The summed E-state index contributed by atoms with van der Waals surface area (Å²) in [6, 6.07) is 0.589. The Morgan fingerprint density at radius 3 is 3.06 bits per heavy atom. The molecule has 2 heterocycles. The predicted octanol–water partition coefficient (Wildman–Crippen LogP) is 0.717. The fourth-order valence-electron chi connectivity index (χ4n) is 2.11. The van der Waals surface area contributed by atoms with Crippen molar-refractivity contribution in [3.05, 3.63) is 18.1 Å². The van der Waals surface area contributed by atoms with E-state index in [0.29, 0.717) is 18.5 Å². The third kappa shape index (κ3) is 3.64. The van der Waals surface area contributed by atoms with E-state index in [2.05, 4.69) is 20.6 Å². The normalized spacial score (nSPS) is 20.2. The van der Waals surface area contributed by atoms with Gasteiger partial charge in [0.1, 0.15) is 5.69 Å². The monoisotopic (exact) mass is 236 g/mol. The number of hydrogen-bond donors (Lipinski definition) is 2. The van der Waals surface area contributed by atoms with Gasteiger partial charge in [0.05, 0.1) is 7.11 Å². The molecule has 0 bridgehead atoms. The largest absolute Gasteiger partial charge is 0.480 e. The van der Waals surface area contributed by atoms with Crippen LogP contribution in [0.2, 0.25) is 0 Å². The molecule has 17 heavy (non-hydrogen) atoms. The number of hydrogen-bond acceptors (Lipinski definition) is 5. The number of ether oxygens (including phenoxy) is 1. The molecule has 0 spiro atoms. The highest BCUT2D eigenvalue weighted by atomic mass is 16.5. The average Bonchev–Trinajstić information content (AvgIpc) is 2.40. The molecule has 94 valence electrons. The molecule has 0 unspecified atom stereocenters. The summed E-state index contributed by atoms with van der Waals surface area (Å²) >= 11 is 0. The molecule has 1 aromatic rings. The summed E-state index contributed by atoms with van der Waals surface area (Å²) in [6.45, 7) is 2.82. The Morgan fingerprint density at radius 2 is 2.29 bits per heavy atom. The van der Waals surface area contributed by atoms with Crippen molar-refractivity contribution in [2.24, 2.45) is 0 Å². The lowest BCUT2D eigenvalue weighted by Gasteiger charge is -2.23. The van der Waals surface area contributed by atoms with Gasteiger partial charge in [0.25, 0.3) is 0 Å². The summed E-state index contributed by atoms with van der Waals surface area (Å²) < 4.78 is 5.16. The van der Waals surface area contributed by atoms with Gasteiger partial charge < -0.3 is 15.4 Å². The Morgan fingerprint density at radius 1 is 1.41 bits per heavy atom. The van der Waals surface area contributed by atoms with Gasteiger partial charge in [0.15, 0.2) is 0 Å². The van der Waals surface area contributed by atoms with E-state index in [4.69, 9.17) is 4.74 Å². The summed E-state index contributed by atoms with van der Waals surface area (Å²) in [4.78, 5) is 8.38. The van der Waals surface area contributed by atoms with Crippen LogP contribution in [0.15, 0.2) is 12.4 Å². The number of methoxy groups -OCH3 is 1. The maximum Gasteiger partial charge on any atom is 0.236 e. The molecule has 0 aromatic carbocycles. The van der Waals surface area contributed by atoms with E-state index in [-0.39, 0.29) is 0 Å². The first-order valence-corrected chi connectivity index (χ1v) is 6.18. The summed E-state index contributed by atoms with van der Waals surface area (Å²) in [5, 5.41) is 6.91. The van der Waals surface area contributed by atoms with Crippen molar-refractivity contribution >= 4 is 0 Å². The molecule has 0 saturated carbocycles. The van der Waals surface area contributed by atoms with Crippen LogP contribution in [0.4, 0.5) is 0 Å². The fourth-order valence-corrected chi connectivity index (χ4v) is 2.11. The first-order valence-electron chi connectivity index (χ1n) is 6.18. The van der Waals surface area contributed by atoms with E-state index in [1.807, 2.05) is 0 Å². The standard InChI is InChI=1S/C12H20N4O/c1-17-12-11(15-6-7-16-12)9-13-8-10-4-2-3-5-14-10/h6-7,10,13-14H,2-5,8-9H2,1H3/t10-/m1/s1. The molecular formula is C12H20N4O. The molecule has 0 aliphatic carbocycles. The molecule has 1 atom stereocenters. The lowest BCUT2D eigenvalue weighted by atomic mass is 10.1. The average molecular weight is 236 g/mol. The summed E-state index contributed by atoms with van der Waals surface area (Å²) in [5.41, 5.74) is 0.866. The van der Waals surface area contributed by atoms with Crippen molar-refractivity contribution in [1.82, 2.24) is 20.6 Å². The molecule has 1 aromatic heterocycles. The maximum absolute atomic E-state index is 5.16. The molecule has 0 amide bonds. The molecule has 5 nitrogen and oxygen atoms in total. The third-order valence-electron chi connectivity index (χ3n) is 3.02. The van der Waals surface area contributed by atoms with E-state index in [1.54, 1.807) is 19.5 Å². The minimum absolute atomic E-state index is 0.589. The van der Waals surface area contributed by atoms with Crippen LogP contribution in [0, 0.1) is 0 Å². The first-order chi connectivity index (χ1) is 8.40. The zero-order valence-corrected chi connectivity index (χ0v) is 10.3. The number of nitrogens with one attached hydrogen (secondary N) is 2. The smallest absolute Gasteiger partial charge is 0.236 e. The Hall–Kier alpha value is -1.20. The predicted molar refractivity (Wildman–Crippen MR) is 65.9 cm³/mol. The second-order valence-corrected chi connectivity index (χ2v) is 4.29. The Bertz CT molecular complexity index is 339. The zero-order chi connectivity index (χ0) is 11.9. The lowest BCUT2D eigenvalue weighted by Crippen LogP contribution is -2.41. The van der Waals surface area contributed by atoms with Crippen LogP contribution in [-0.4, -0.2) is 36.2 Å². The van der Waals surface area contributed by atoms with Gasteiger partial charge in [0.2, 0.25) is 5.88 Å². The van der Waals surface area contributed by atoms with E-state index in [0.717, 1.165) is 18.8 Å². The van der Waals surface area contributed by atoms with Crippen molar-refractivity contribution in [2.75, 3.05) is 20.2 Å². The van der Waals surface area contributed by atoms with Crippen molar-refractivity contribution in [1.29, 1.82) is 0 Å². The fraction of sp³-hybridized carbons (Fsp3) is 0.667. The molecule has 2 N–H and O–H groups in total. The summed E-state index contributed by atoms with van der Waals surface area (Å²) in [6.07, 6.45) is 7.22. The molecule has 1 aliphatic heterocycles. The van der Waals surface area contributed by atoms with Gasteiger partial charge in [-0.15, -0.1) is 0 Å². The molecule has 1 fully saturated rings. The van der Waals surface area contributed by atoms with Crippen LogP contribution in [0.5, 0.6) is 5.88 Å². The first kappa shape index (κ1) is 12.3. The Balaban J connectivity index is 1.77. The number of rotatable bonds is 5. The minimum atomic E-state index is 0.589. The number of aromatic nitrogens is 2. The minimum Gasteiger partial charge on any atom is -0.480 e. The topological polar surface area (TPSA) is 59.1 Å². The van der Waals surface area contributed by atoms with Crippen LogP contribution < -0.4 is 15.4 Å². The van der Waals surface area contributed by atoms with Gasteiger partial charge >= 0.3 is 0 Å². The van der Waals surface area contributed by atoms with Gasteiger partial charge in [-0.05, 0) is 19.4 Å². The zero-order valence-electron chi connectivity index (χ0n) is 10.3. The SMILES string of the molecule is COc1nccnc1CNC[C@H]1CCCCN1. The van der Waals surface area contributed by atoms with Gasteiger partial charge in [-0.1, -0.05) is 6.42 Å². The lowest BCUT2D eigenvalue weighted by molar-refractivity contribution is 0.371. The van der Waals surface area contributed by atoms with Crippen molar-refractivity contribution < 1.29 is 4.74 Å². The Kier molecular flexibility index (Phi) is 4.70. The van der Waals surface area contributed by atoms with Gasteiger partial charge in [0, 0.05) is 31.5 Å². The van der Waals surface area contributed by atoms with E-state index in [1.165, 1.54) is 19.3 Å². The van der Waals surface area contributed by atoms with E-state index >= 15 is 0 Å². The molecule has 0 radical (unpaired) electrons. The van der Waals surface area contributed by atoms with Crippen molar-refractivity contribution in [3.63, 3.8) is 0 Å². The van der Waals surface area contributed by atoms with Gasteiger partial charge in [-0.2, -0.15) is 0 Å². The van der Waals surface area contributed by atoms with Crippen LogP contribution in [0.1, 0.15) is 25.0 Å². The van der Waals surface area contributed by atoms with Crippen LogP contribution in [0.3, 0.4) is 0 Å². The highest BCUT2D eigenvalue weighted by Gasteiger charge is 2.12. The maximum atomic E-state index is 5.16. The molecule has 2 rings (SSSR count). The Labute approximate surface area is 102 Å². The number of piperidine rings is 1. The molecule has 1 saturated heterocycles. The third-order valence-corrected chi connectivity index (χ3v) is 3.02. The molecule has 1 aliphatic rings. The quantitative estimate of drug-likeness (QED) is 0.789. The highest BCUT2D eigenvalue weighted by molar-refractivity contribution is 5.16. The second kappa shape index (κ2) is 6.51. The van der Waals surface area contributed by atoms with Crippen LogP contribution in [0.25, 0.3) is 0 Å². The molecule has 5 heteroatoms. The van der Waals surface area contributed by atoms with Crippen molar-refractivity contribution in [3.8, 4) is 5.88 Å². The second-order valence-electron chi connectivity index (χ2n) is 4.29. The number of nitrogens with zero attached hydrogens (tertiary/aromatic N) is 2. The van der Waals surface area contributed by atoms with Crippen molar-refractivity contribution in [2.45, 2.75) is 31.8 Å². The summed E-state index contributed by atoms with van der Waals surface area (Å²) in [5.74, 6) is 0.608. The van der Waals surface area contributed by atoms with Gasteiger partial charge in [-0.3, -0.25) is 4.98 Å². The summed E-state index contributed by atoms with van der Waals surface area (Å²) in [7, 11) is 1.62. The van der Waals surface area contributed by atoms with Gasteiger partial charge in [-0.25, -0.2) is 4.98 Å². The van der Waals surface area contributed by atoms with Crippen LogP contribution in [-0.2, 0) is 6.54 Å². The van der Waals surface area contributed by atoms with E-state index in [9.17, 15) is 0 Å². The molecular weight excluding hydrogens is 216 g/mol. The van der Waals surface area contributed by atoms with E-state index < -0.39 is 0 Å². The highest BCUT2D eigenvalue weighted by Crippen LogP contribution is 2.10. The van der Waals surface area contributed by atoms with Crippen LogP contribution >= 0.6 is 0 Å².